The summed E-state index contributed by atoms with van der Waals surface area (Å²) in [7, 11) is 1.62. The Labute approximate surface area is 212 Å². The summed E-state index contributed by atoms with van der Waals surface area (Å²) in [4.78, 5) is 2.15. The summed E-state index contributed by atoms with van der Waals surface area (Å²) in [5.41, 5.74) is 2.65. The van der Waals surface area contributed by atoms with Gasteiger partial charge in [-0.3, -0.25) is 4.90 Å². The molecule has 0 aliphatic carbocycles. The van der Waals surface area contributed by atoms with Crippen molar-refractivity contribution in [2.75, 3.05) is 13.7 Å². The SMILES string of the molecule is C=CCC[C@@H](O)CN(Cc1ccco1)Cc1c(C)nn(-c2ccccc2)c1Oc1ccccc1OC. The minimum Gasteiger partial charge on any atom is -0.493 e. The number of hydrogen-bond donors (Lipinski definition) is 1. The van der Waals surface area contributed by atoms with Gasteiger partial charge in [-0.2, -0.15) is 5.10 Å². The Kier molecular flexibility index (Phi) is 8.60. The standard InChI is InChI=1S/C29H33N3O4/c1-4-5-14-24(33)19-31(20-25-15-11-18-35-25)21-26-22(2)30-32(23-12-7-6-8-13-23)29(26)36-28-17-10-9-16-27(28)34-3/h4,6-13,15-18,24,33H,1,5,14,19-21H2,2-3H3/t24-/m1/s1. The lowest BCUT2D eigenvalue weighted by Gasteiger charge is -2.24. The maximum atomic E-state index is 10.7. The van der Waals surface area contributed by atoms with E-state index >= 15 is 0 Å². The van der Waals surface area contributed by atoms with E-state index in [-0.39, 0.29) is 0 Å². The first-order valence-corrected chi connectivity index (χ1v) is 12.1. The Morgan fingerprint density at radius 3 is 2.50 bits per heavy atom. The number of benzene rings is 2. The molecule has 2 aromatic carbocycles. The van der Waals surface area contributed by atoms with Crippen molar-refractivity contribution in [2.24, 2.45) is 0 Å². The van der Waals surface area contributed by atoms with Crippen LogP contribution in [0.3, 0.4) is 0 Å². The van der Waals surface area contributed by atoms with E-state index in [2.05, 4.69) is 11.5 Å². The summed E-state index contributed by atoms with van der Waals surface area (Å²) in [6.45, 7) is 7.27. The Balaban J connectivity index is 1.72. The molecule has 2 heterocycles. The number of aliphatic hydroxyl groups is 1. The van der Waals surface area contributed by atoms with Gasteiger partial charge in [0.1, 0.15) is 5.76 Å². The van der Waals surface area contributed by atoms with Crippen LogP contribution >= 0.6 is 0 Å². The van der Waals surface area contributed by atoms with Crippen LogP contribution < -0.4 is 9.47 Å². The van der Waals surface area contributed by atoms with Crippen molar-refractivity contribution in [2.45, 2.75) is 39.0 Å². The van der Waals surface area contributed by atoms with Gasteiger partial charge in [0.05, 0.1) is 43.0 Å². The minimum absolute atomic E-state index is 0.471. The van der Waals surface area contributed by atoms with Crippen LogP contribution in [-0.4, -0.2) is 39.5 Å². The molecule has 7 nitrogen and oxygen atoms in total. The molecule has 188 valence electrons. The molecular weight excluding hydrogens is 454 g/mol. The molecule has 0 bridgehead atoms. The number of allylic oxidation sites excluding steroid dienone is 1. The number of nitrogens with zero attached hydrogens (tertiary/aromatic N) is 3. The summed E-state index contributed by atoms with van der Waals surface area (Å²) in [6, 6.07) is 21.3. The van der Waals surface area contributed by atoms with Gasteiger partial charge < -0.3 is 19.0 Å². The number of ether oxygens (including phenoxy) is 2. The summed E-state index contributed by atoms with van der Waals surface area (Å²) in [5.74, 6) is 2.66. The first kappa shape index (κ1) is 25.3. The lowest BCUT2D eigenvalue weighted by Crippen LogP contribution is -2.32. The molecule has 4 rings (SSSR count). The van der Waals surface area contributed by atoms with Crippen molar-refractivity contribution in [1.29, 1.82) is 0 Å². The van der Waals surface area contributed by atoms with Crippen LogP contribution in [0.4, 0.5) is 0 Å². The molecular formula is C29H33N3O4. The van der Waals surface area contributed by atoms with Gasteiger partial charge in [0.2, 0.25) is 5.88 Å². The van der Waals surface area contributed by atoms with Gasteiger partial charge in [-0.1, -0.05) is 36.4 Å². The number of aryl methyl sites for hydroxylation is 1. The second-order valence-electron chi connectivity index (χ2n) is 8.64. The number of aromatic nitrogens is 2. The summed E-state index contributed by atoms with van der Waals surface area (Å²) in [5, 5.41) is 15.5. The number of aliphatic hydroxyl groups excluding tert-OH is 1. The Hall–Kier alpha value is -3.81. The Bertz CT molecular complexity index is 1230. The Morgan fingerprint density at radius 2 is 1.81 bits per heavy atom. The van der Waals surface area contributed by atoms with Crippen molar-refractivity contribution in [1.82, 2.24) is 14.7 Å². The third kappa shape index (κ3) is 6.24. The molecule has 1 N–H and O–H groups in total. The first-order chi connectivity index (χ1) is 17.6. The van der Waals surface area contributed by atoms with Crippen molar-refractivity contribution in [3.63, 3.8) is 0 Å². The van der Waals surface area contributed by atoms with E-state index < -0.39 is 6.10 Å². The van der Waals surface area contributed by atoms with Gasteiger partial charge in [-0.05, 0) is 56.2 Å². The van der Waals surface area contributed by atoms with Crippen LogP contribution in [0.5, 0.6) is 17.4 Å². The first-order valence-electron chi connectivity index (χ1n) is 12.1. The predicted octanol–water partition coefficient (Wildman–Crippen LogP) is 5.90. The zero-order valence-electron chi connectivity index (χ0n) is 20.8. The fraction of sp³-hybridized carbons (Fsp3) is 0.276. The highest BCUT2D eigenvalue weighted by atomic mass is 16.5. The second kappa shape index (κ2) is 12.2. The van der Waals surface area contributed by atoms with E-state index in [9.17, 15) is 5.11 Å². The maximum Gasteiger partial charge on any atom is 0.227 e. The average molecular weight is 488 g/mol. The van der Waals surface area contributed by atoms with Crippen LogP contribution in [0.1, 0.15) is 29.9 Å². The summed E-state index contributed by atoms with van der Waals surface area (Å²) < 4.78 is 19.5. The highest BCUT2D eigenvalue weighted by Crippen LogP contribution is 2.36. The van der Waals surface area contributed by atoms with E-state index in [4.69, 9.17) is 19.0 Å². The molecule has 0 aliphatic rings. The second-order valence-corrected chi connectivity index (χ2v) is 8.64. The normalized spacial score (nSPS) is 12.0. The van der Waals surface area contributed by atoms with Gasteiger partial charge in [-0.15, -0.1) is 6.58 Å². The highest BCUT2D eigenvalue weighted by molar-refractivity contribution is 5.47. The van der Waals surface area contributed by atoms with Gasteiger partial charge in [0, 0.05) is 13.1 Å². The van der Waals surface area contributed by atoms with Crippen LogP contribution in [0, 0.1) is 6.92 Å². The third-order valence-electron chi connectivity index (χ3n) is 5.93. The van der Waals surface area contributed by atoms with Gasteiger partial charge >= 0.3 is 0 Å². The quantitative estimate of drug-likeness (QED) is 0.237. The summed E-state index contributed by atoms with van der Waals surface area (Å²) >= 11 is 0. The zero-order valence-corrected chi connectivity index (χ0v) is 20.8. The third-order valence-corrected chi connectivity index (χ3v) is 5.93. The van der Waals surface area contributed by atoms with E-state index in [1.807, 2.05) is 84.4 Å². The van der Waals surface area contributed by atoms with E-state index in [0.29, 0.717) is 43.4 Å². The monoisotopic (exact) mass is 487 g/mol. The zero-order chi connectivity index (χ0) is 25.3. The molecule has 0 saturated carbocycles. The van der Waals surface area contributed by atoms with Crippen molar-refractivity contribution in [3.05, 3.63) is 103 Å². The Morgan fingerprint density at radius 1 is 1.06 bits per heavy atom. The van der Waals surface area contributed by atoms with Gasteiger partial charge in [-0.25, -0.2) is 4.68 Å². The topological polar surface area (TPSA) is 72.9 Å². The minimum atomic E-state index is -0.499. The molecule has 36 heavy (non-hydrogen) atoms. The molecule has 4 aromatic rings. The fourth-order valence-electron chi connectivity index (χ4n) is 4.11. The molecule has 7 heteroatoms. The molecule has 2 aromatic heterocycles. The number of hydrogen-bond acceptors (Lipinski definition) is 6. The molecule has 0 fully saturated rings. The van der Waals surface area contributed by atoms with Gasteiger partial charge in [0.15, 0.2) is 11.5 Å². The molecule has 0 radical (unpaired) electrons. The molecule has 1 atom stereocenters. The largest absolute Gasteiger partial charge is 0.493 e. The van der Waals surface area contributed by atoms with Crippen molar-refractivity contribution >= 4 is 0 Å². The fourth-order valence-corrected chi connectivity index (χ4v) is 4.11. The highest BCUT2D eigenvalue weighted by Gasteiger charge is 2.24. The van der Waals surface area contributed by atoms with E-state index in [1.54, 1.807) is 13.4 Å². The van der Waals surface area contributed by atoms with Crippen molar-refractivity contribution < 1.29 is 19.0 Å². The number of methoxy groups -OCH3 is 1. The average Bonchev–Trinajstić information content (AvgIpc) is 3.52. The molecule has 0 unspecified atom stereocenters. The predicted molar refractivity (Wildman–Crippen MR) is 140 cm³/mol. The molecule has 0 spiro atoms. The lowest BCUT2D eigenvalue weighted by atomic mass is 10.1. The lowest BCUT2D eigenvalue weighted by molar-refractivity contribution is 0.0939. The number of furan rings is 1. The number of para-hydroxylation sites is 3. The van der Waals surface area contributed by atoms with Crippen LogP contribution in [0.15, 0.2) is 90.1 Å². The van der Waals surface area contributed by atoms with Crippen LogP contribution in [0.25, 0.3) is 5.69 Å². The van der Waals surface area contributed by atoms with E-state index in [0.717, 1.165) is 29.1 Å². The van der Waals surface area contributed by atoms with Crippen molar-refractivity contribution in [3.8, 4) is 23.1 Å². The van der Waals surface area contributed by atoms with Gasteiger partial charge in [0.25, 0.3) is 0 Å². The number of rotatable bonds is 13. The van der Waals surface area contributed by atoms with Crippen LogP contribution in [-0.2, 0) is 13.1 Å². The smallest absolute Gasteiger partial charge is 0.227 e. The maximum absolute atomic E-state index is 10.7. The van der Waals surface area contributed by atoms with Crippen LogP contribution in [0.2, 0.25) is 0 Å². The molecule has 0 saturated heterocycles. The van der Waals surface area contributed by atoms with E-state index in [1.165, 1.54) is 0 Å². The molecule has 0 aliphatic heterocycles. The summed E-state index contributed by atoms with van der Waals surface area (Å²) in [6.07, 6.45) is 4.39. The molecule has 0 amide bonds.